The van der Waals surface area contributed by atoms with Gasteiger partial charge in [-0.25, -0.2) is 0 Å². The smallest absolute Gasteiger partial charge is 0.288 e. The largest absolute Gasteiger partial charge is 0.419 e. The van der Waals surface area contributed by atoms with Crippen molar-refractivity contribution in [2.75, 3.05) is 0 Å². The summed E-state index contributed by atoms with van der Waals surface area (Å²) in [5.74, 6) is -1.25. The Morgan fingerprint density at radius 1 is 0.654 bits per heavy atom. The SMILES string of the molecule is O=C(c1ccc(Cl)c(C(F)(F)F)c1Cl)c1ccc(Cl)c(C(F)(F)F)c1Cl. The molecule has 0 fully saturated rings. The van der Waals surface area contributed by atoms with Crippen molar-refractivity contribution < 1.29 is 31.1 Å². The highest BCUT2D eigenvalue weighted by molar-refractivity contribution is 6.41. The second-order valence-electron chi connectivity index (χ2n) is 4.89. The van der Waals surface area contributed by atoms with Crippen molar-refractivity contribution in [2.24, 2.45) is 0 Å². The van der Waals surface area contributed by atoms with Crippen molar-refractivity contribution in [1.29, 1.82) is 0 Å². The molecule has 0 aliphatic carbocycles. The van der Waals surface area contributed by atoms with Gasteiger partial charge in [0.25, 0.3) is 0 Å². The van der Waals surface area contributed by atoms with Gasteiger partial charge in [0.15, 0.2) is 5.78 Å². The summed E-state index contributed by atoms with van der Waals surface area (Å²) in [5.41, 5.74) is -4.37. The Kier molecular flexibility index (Phi) is 5.78. The van der Waals surface area contributed by atoms with Crippen LogP contribution < -0.4 is 0 Å². The lowest BCUT2D eigenvalue weighted by Crippen LogP contribution is -2.13. The summed E-state index contributed by atoms with van der Waals surface area (Å²) in [6, 6.07) is 3.25. The standard InChI is InChI=1S/C15H4Cl4F6O/c16-7-3-1-5(11(18)9(7)14(20,21)22)13(26)6-2-4-8(17)10(12(6)19)15(23,24)25/h1-4H. The van der Waals surface area contributed by atoms with Crippen molar-refractivity contribution in [3.63, 3.8) is 0 Å². The molecule has 140 valence electrons. The maximum absolute atomic E-state index is 13.0. The lowest BCUT2D eigenvalue weighted by molar-refractivity contribution is -0.138. The first-order valence-electron chi connectivity index (χ1n) is 6.42. The Balaban J connectivity index is 2.69. The molecule has 26 heavy (non-hydrogen) atoms. The van der Waals surface area contributed by atoms with Crippen LogP contribution in [0.5, 0.6) is 0 Å². The monoisotopic (exact) mass is 454 g/mol. The van der Waals surface area contributed by atoms with E-state index < -0.39 is 60.5 Å². The third-order valence-corrected chi connectivity index (χ3v) is 4.65. The summed E-state index contributed by atoms with van der Waals surface area (Å²) in [6.07, 6.45) is -9.96. The van der Waals surface area contributed by atoms with Gasteiger partial charge in [0.05, 0.1) is 31.2 Å². The first-order valence-corrected chi connectivity index (χ1v) is 7.93. The van der Waals surface area contributed by atoms with Gasteiger partial charge < -0.3 is 0 Å². The zero-order valence-corrected chi connectivity index (χ0v) is 15.0. The highest BCUT2D eigenvalue weighted by Gasteiger charge is 2.40. The predicted octanol–water partition coefficient (Wildman–Crippen LogP) is 7.57. The van der Waals surface area contributed by atoms with Gasteiger partial charge in [0.2, 0.25) is 0 Å². The summed E-state index contributed by atoms with van der Waals surface area (Å²) in [7, 11) is 0. The zero-order valence-electron chi connectivity index (χ0n) is 12.0. The number of halogens is 10. The van der Waals surface area contributed by atoms with Crippen molar-refractivity contribution in [3.8, 4) is 0 Å². The van der Waals surface area contributed by atoms with Gasteiger partial charge in [-0.15, -0.1) is 0 Å². The lowest BCUT2D eigenvalue weighted by atomic mass is 9.99. The minimum atomic E-state index is -4.98. The molecule has 0 aliphatic rings. The number of hydrogen-bond acceptors (Lipinski definition) is 1. The number of alkyl halides is 6. The van der Waals surface area contributed by atoms with Gasteiger partial charge in [0.1, 0.15) is 0 Å². The van der Waals surface area contributed by atoms with Crippen LogP contribution in [0.25, 0.3) is 0 Å². The third-order valence-electron chi connectivity index (χ3n) is 3.24. The summed E-state index contributed by atoms with van der Waals surface area (Å²) in [6.45, 7) is 0. The van der Waals surface area contributed by atoms with Gasteiger partial charge in [-0.2, -0.15) is 26.3 Å². The summed E-state index contributed by atoms with van der Waals surface area (Å²) in [4.78, 5) is 12.5. The molecular formula is C15H4Cl4F6O. The van der Waals surface area contributed by atoms with E-state index in [-0.39, 0.29) is 0 Å². The predicted molar refractivity (Wildman–Crippen MR) is 86.4 cm³/mol. The molecule has 0 heterocycles. The molecule has 1 nitrogen and oxygen atoms in total. The van der Waals surface area contributed by atoms with Gasteiger partial charge >= 0.3 is 12.4 Å². The fraction of sp³-hybridized carbons (Fsp3) is 0.133. The Morgan fingerprint density at radius 2 is 0.962 bits per heavy atom. The summed E-state index contributed by atoms with van der Waals surface area (Å²) < 4.78 is 78.2. The summed E-state index contributed by atoms with van der Waals surface area (Å²) >= 11 is 22.2. The first-order chi connectivity index (χ1) is 11.8. The maximum Gasteiger partial charge on any atom is 0.419 e. The molecule has 2 aromatic carbocycles. The average Bonchev–Trinajstić information content (AvgIpc) is 2.43. The third kappa shape index (κ3) is 3.91. The van der Waals surface area contributed by atoms with E-state index in [0.717, 1.165) is 24.3 Å². The van der Waals surface area contributed by atoms with E-state index in [9.17, 15) is 31.1 Å². The molecule has 0 bridgehead atoms. The average molecular weight is 456 g/mol. The fourth-order valence-electron chi connectivity index (χ4n) is 2.12. The van der Waals surface area contributed by atoms with Gasteiger partial charge in [-0.05, 0) is 24.3 Å². The van der Waals surface area contributed by atoms with Crippen LogP contribution in [0.15, 0.2) is 24.3 Å². The molecule has 2 aromatic rings. The molecule has 0 atom stereocenters. The minimum absolute atomic E-state index is 0.708. The van der Waals surface area contributed by atoms with Crippen LogP contribution in [0.2, 0.25) is 20.1 Å². The fourth-order valence-corrected chi connectivity index (χ4v) is 3.46. The molecule has 2 rings (SSSR count). The van der Waals surface area contributed by atoms with E-state index in [1.807, 2.05) is 0 Å². The number of carbonyl (C=O) groups is 1. The quantitative estimate of drug-likeness (QED) is 0.337. The lowest BCUT2D eigenvalue weighted by Gasteiger charge is -2.16. The molecular weight excluding hydrogens is 452 g/mol. The number of hydrogen-bond donors (Lipinski definition) is 0. The van der Waals surface area contributed by atoms with Crippen molar-refractivity contribution in [3.05, 3.63) is 66.6 Å². The van der Waals surface area contributed by atoms with Crippen LogP contribution in [0.4, 0.5) is 26.3 Å². The van der Waals surface area contributed by atoms with E-state index in [4.69, 9.17) is 46.4 Å². The van der Waals surface area contributed by atoms with Crippen LogP contribution in [-0.4, -0.2) is 5.78 Å². The highest BCUT2D eigenvalue weighted by atomic mass is 35.5. The minimum Gasteiger partial charge on any atom is -0.288 e. The Hall–Kier alpha value is -1.15. The van der Waals surface area contributed by atoms with Gasteiger partial charge in [-0.3, -0.25) is 4.79 Å². The number of ketones is 1. The molecule has 0 radical (unpaired) electrons. The molecule has 0 saturated carbocycles. The van der Waals surface area contributed by atoms with E-state index in [2.05, 4.69) is 0 Å². The Bertz CT molecular complexity index is 818. The van der Waals surface area contributed by atoms with E-state index >= 15 is 0 Å². The van der Waals surface area contributed by atoms with E-state index in [0.29, 0.717) is 0 Å². The summed E-state index contributed by atoms with van der Waals surface area (Å²) in [5, 5.41) is -3.63. The number of rotatable bonds is 2. The number of benzene rings is 2. The highest BCUT2D eigenvalue weighted by Crippen LogP contribution is 2.44. The Morgan fingerprint density at radius 3 is 1.23 bits per heavy atom. The zero-order chi connectivity index (χ0) is 20.0. The molecule has 0 unspecified atom stereocenters. The normalized spacial score (nSPS) is 12.4. The molecule has 0 amide bonds. The Labute approximate surface area is 162 Å². The molecule has 0 spiro atoms. The molecule has 0 N–H and O–H groups in total. The van der Waals surface area contributed by atoms with E-state index in [1.165, 1.54) is 0 Å². The topological polar surface area (TPSA) is 17.1 Å². The van der Waals surface area contributed by atoms with Crippen molar-refractivity contribution >= 4 is 52.2 Å². The van der Waals surface area contributed by atoms with Crippen molar-refractivity contribution in [2.45, 2.75) is 12.4 Å². The molecule has 0 saturated heterocycles. The molecule has 11 heteroatoms. The molecule has 0 aliphatic heterocycles. The first kappa shape index (κ1) is 21.2. The van der Waals surface area contributed by atoms with Crippen LogP contribution in [0.3, 0.4) is 0 Å². The second kappa shape index (κ2) is 7.11. The maximum atomic E-state index is 13.0. The molecule has 0 aromatic heterocycles. The second-order valence-corrected chi connectivity index (χ2v) is 6.46. The number of carbonyl (C=O) groups excluding carboxylic acids is 1. The van der Waals surface area contributed by atoms with Crippen LogP contribution >= 0.6 is 46.4 Å². The van der Waals surface area contributed by atoms with Gasteiger partial charge in [-0.1, -0.05) is 46.4 Å². The van der Waals surface area contributed by atoms with Crippen LogP contribution in [0, 0.1) is 0 Å². The van der Waals surface area contributed by atoms with Gasteiger partial charge in [0, 0.05) is 11.1 Å². The van der Waals surface area contributed by atoms with Crippen molar-refractivity contribution in [1.82, 2.24) is 0 Å². The van der Waals surface area contributed by atoms with Crippen LogP contribution in [-0.2, 0) is 12.4 Å². The van der Waals surface area contributed by atoms with Crippen LogP contribution in [0.1, 0.15) is 27.0 Å². The van der Waals surface area contributed by atoms with E-state index in [1.54, 1.807) is 0 Å².